The quantitative estimate of drug-likeness (QED) is 0.703. The zero-order valence-electron chi connectivity index (χ0n) is 9.91. The molecule has 0 unspecified atom stereocenters. The van der Waals surface area contributed by atoms with Crippen molar-refractivity contribution in [2.24, 2.45) is 0 Å². The molecule has 0 aliphatic heterocycles. The van der Waals surface area contributed by atoms with E-state index in [1.54, 1.807) is 0 Å². The highest BCUT2D eigenvalue weighted by molar-refractivity contribution is 6.28. The van der Waals surface area contributed by atoms with Crippen molar-refractivity contribution in [1.29, 1.82) is 0 Å². The van der Waals surface area contributed by atoms with E-state index in [0.717, 1.165) is 11.2 Å². The Morgan fingerprint density at radius 2 is 1.94 bits per heavy atom. The van der Waals surface area contributed by atoms with Crippen LogP contribution < -0.4 is 0 Å². The summed E-state index contributed by atoms with van der Waals surface area (Å²) in [6.45, 7) is 2.07. The van der Waals surface area contributed by atoms with Crippen LogP contribution in [0.3, 0.4) is 0 Å². The number of aryl methyl sites for hydroxylation is 1. The second kappa shape index (κ2) is 4.26. The van der Waals surface area contributed by atoms with E-state index in [0.29, 0.717) is 11.2 Å². The first-order valence-electron chi connectivity index (χ1n) is 6.18. The highest BCUT2D eigenvalue weighted by atomic mass is 35.5. The lowest BCUT2D eigenvalue weighted by atomic mass is 9.99. The highest BCUT2D eigenvalue weighted by Gasteiger charge is 2.21. The van der Waals surface area contributed by atoms with Gasteiger partial charge in [-0.1, -0.05) is 25.0 Å². The van der Waals surface area contributed by atoms with Gasteiger partial charge in [-0.3, -0.25) is 0 Å². The van der Waals surface area contributed by atoms with Gasteiger partial charge in [0.2, 0.25) is 5.28 Å². The summed E-state index contributed by atoms with van der Waals surface area (Å²) in [5.41, 5.74) is 3.34. The maximum atomic E-state index is 6.03. The Morgan fingerprint density at radius 3 is 2.71 bits per heavy atom. The van der Waals surface area contributed by atoms with Crippen LogP contribution in [-0.2, 0) is 0 Å². The SMILES string of the molecule is Cc1ccc2c(C3CCCC3)nc(Cl)nc2c1. The third-order valence-corrected chi connectivity index (χ3v) is 3.77. The van der Waals surface area contributed by atoms with Crippen molar-refractivity contribution < 1.29 is 0 Å². The molecule has 2 nitrogen and oxygen atoms in total. The van der Waals surface area contributed by atoms with Crippen LogP contribution in [0.2, 0.25) is 5.28 Å². The van der Waals surface area contributed by atoms with Gasteiger partial charge in [0.05, 0.1) is 11.2 Å². The minimum atomic E-state index is 0.380. The fraction of sp³-hybridized carbons (Fsp3) is 0.429. The standard InChI is InChI=1S/C14H15ClN2/c1-9-6-7-11-12(8-9)16-14(15)17-13(11)10-4-2-3-5-10/h6-8,10H,2-5H2,1H3. The van der Waals surface area contributed by atoms with Crippen LogP contribution in [0.15, 0.2) is 18.2 Å². The molecule has 0 radical (unpaired) electrons. The minimum absolute atomic E-state index is 0.380. The largest absolute Gasteiger partial charge is 0.223 e. The summed E-state index contributed by atoms with van der Waals surface area (Å²) < 4.78 is 0. The highest BCUT2D eigenvalue weighted by Crippen LogP contribution is 2.36. The third-order valence-electron chi connectivity index (χ3n) is 3.60. The number of nitrogens with zero attached hydrogens (tertiary/aromatic N) is 2. The van der Waals surface area contributed by atoms with Crippen LogP contribution in [0.25, 0.3) is 10.9 Å². The summed E-state index contributed by atoms with van der Waals surface area (Å²) in [4.78, 5) is 8.79. The molecule has 0 saturated heterocycles. The van der Waals surface area contributed by atoms with Gasteiger partial charge in [-0.15, -0.1) is 0 Å². The molecule has 0 amide bonds. The number of hydrogen-bond donors (Lipinski definition) is 0. The number of benzene rings is 1. The Kier molecular flexibility index (Phi) is 2.75. The monoisotopic (exact) mass is 246 g/mol. The zero-order chi connectivity index (χ0) is 11.8. The predicted octanol–water partition coefficient (Wildman–Crippen LogP) is 4.25. The van der Waals surface area contributed by atoms with Crippen molar-refractivity contribution in [3.8, 4) is 0 Å². The molecule has 1 aromatic carbocycles. The van der Waals surface area contributed by atoms with Gasteiger partial charge >= 0.3 is 0 Å². The maximum absolute atomic E-state index is 6.03. The Labute approximate surface area is 106 Å². The Hall–Kier alpha value is -1.15. The molecule has 3 heteroatoms. The summed E-state index contributed by atoms with van der Waals surface area (Å²) in [6, 6.07) is 6.34. The summed E-state index contributed by atoms with van der Waals surface area (Å²) in [5.74, 6) is 0.570. The molecular formula is C14H15ClN2. The van der Waals surface area contributed by atoms with Gasteiger partial charge in [-0.25, -0.2) is 9.97 Å². The van der Waals surface area contributed by atoms with E-state index in [1.165, 1.54) is 36.6 Å². The van der Waals surface area contributed by atoms with Crippen LogP contribution >= 0.6 is 11.6 Å². The van der Waals surface area contributed by atoms with Crippen LogP contribution in [0.1, 0.15) is 42.9 Å². The van der Waals surface area contributed by atoms with E-state index >= 15 is 0 Å². The first-order valence-corrected chi connectivity index (χ1v) is 6.55. The molecule has 1 heterocycles. The van der Waals surface area contributed by atoms with Crippen LogP contribution in [0.5, 0.6) is 0 Å². The molecule has 0 bridgehead atoms. The molecule has 0 spiro atoms. The fourth-order valence-corrected chi connectivity index (χ4v) is 2.93. The van der Waals surface area contributed by atoms with Crippen LogP contribution in [0.4, 0.5) is 0 Å². The molecule has 1 fully saturated rings. The Morgan fingerprint density at radius 1 is 1.18 bits per heavy atom. The lowest BCUT2D eigenvalue weighted by molar-refractivity contribution is 0.703. The molecule has 1 aromatic heterocycles. The molecule has 17 heavy (non-hydrogen) atoms. The van der Waals surface area contributed by atoms with Gasteiger partial charge in [0.15, 0.2) is 0 Å². The van der Waals surface area contributed by atoms with Gasteiger partial charge in [-0.05, 0) is 43.0 Å². The predicted molar refractivity (Wildman–Crippen MR) is 70.5 cm³/mol. The van der Waals surface area contributed by atoms with E-state index < -0.39 is 0 Å². The van der Waals surface area contributed by atoms with Gasteiger partial charge in [-0.2, -0.15) is 0 Å². The third kappa shape index (κ3) is 2.02. The van der Waals surface area contributed by atoms with E-state index in [9.17, 15) is 0 Å². The van der Waals surface area contributed by atoms with Gasteiger partial charge < -0.3 is 0 Å². The lowest BCUT2D eigenvalue weighted by Gasteiger charge is -2.12. The molecule has 2 aromatic rings. The minimum Gasteiger partial charge on any atom is -0.222 e. The van der Waals surface area contributed by atoms with Crippen LogP contribution in [0, 0.1) is 6.92 Å². The van der Waals surface area contributed by atoms with Crippen molar-refractivity contribution in [2.75, 3.05) is 0 Å². The van der Waals surface area contributed by atoms with Gasteiger partial charge in [0.1, 0.15) is 0 Å². The van der Waals surface area contributed by atoms with E-state index in [2.05, 4.69) is 35.1 Å². The number of hydrogen-bond acceptors (Lipinski definition) is 2. The first-order chi connectivity index (χ1) is 8.24. The number of aromatic nitrogens is 2. The average Bonchev–Trinajstić information content (AvgIpc) is 2.80. The smallest absolute Gasteiger partial charge is 0.222 e. The normalized spacial score (nSPS) is 16.8. The Bertz CT molecular complexity index is 554. The lowest BCUT2D eigenvalue weighted by Crippen LogP contribution is -2.00. The van der Waals surface area contributed by atoms with E-state index in [-0.39, 0.29) is 0 Å². The number of fused-ring (bicyclic) bond motifs is 1. The summed E-state index contributed by atoms with van der Waals surface area (Å²) >= 11 is 6.03. The second-order valence-electron chi connectivity index (χ2n) is 4.88. The van der Waals surface area contributed by atoms with Crippen molar-refractivity contribution in [1.82, 2.24) is 9.97 Å². The molecule has 0 N–H and O–H groups in total. The maximum Gasteiger partial charge on any atom is 0.223 e. The fourth-order valence-electron chi connectivity index (χ4n) is 2.75. The van der Waals surface area contributed by atoms with Gasteiger partial charge in [0, 0.05) is 11.3 Å². The van der Waals surface area contributed by atoms with Crippen LogP contribution in [-0.4, -0.2) is 9.97 Å². The zero-order valence-corrected chi connectivity index (χ0v) is 10.7. The molecule has 1 aliphatic rings. The molecular weight excluding hydrogens is 232 g/mol. The molecule has 88 valence electrons. The van der Waals surface area contributed by atoms with Crippen molar-refractivity contribution in [2.45, 2.75) is 38.5 Å². The van der Waals surface area contributed by atoms with Crippen molar-refractivity contribution in [3.05, 3.63) is 34.7 Å². The summed E-state index contributed by atoms with van der Waals surface area (Å²) in [7, 11) is 0. The number of halogens is 1. The van der Waals surface area contributed by atoms with E-state index in [4.69, 9.17) is 11.6 Å². The van der Waals surface area contributed by atoms with Crippen molar-refractivity contribution in [3.63, 3.8) is 0 Å². The van der Waals surface area contributed by atoms with Gasteiger partial charge in [0.25, 0.3) is 0 Å². The molecule has 0 atom stereocenters. The molecule has 1 aliphatic carbocycles. The first kappa shape index (κ1) is 11.0. The second-order valence-corrected chi connectivity index (χ2v) is 5.22. The average molecular weight is 247 g/mol. The topological polar surface area (TPSA) is 25.8 Å². The summed E-state index contributed by atoms with van der Waals surface area (Å²) in [5, 5.41) is 1.55. The Balaban J connectivity index is 2.21. The molecule has 3 rings (SSSR count). The molecule has 1 saturated carbocycles. The summed E-state index contributed by atoms with van der Waals surface area (Å²) in [6.07, 6.45) is 5.08. The number of rotatable bonds is 1. The van der Waals surface area contributed by atoms with E-state index in [1.807, 2.05) is 0 Å². The van der Waals surface area contributed by atoms with Crippen molar-refractivity contribution >= 4 is 22.5 Å².